The zero-order chi connectivity index (χ0) is 16.9. The average molecular weight is 332 g/mol. The molecule has 2 aliphatic rings. The molecule has 2 aliphatic heterocycles. The van der Waals surface area contributed by atoms with E-state index in [1.165, 1.54) is 0 Å². The molecule has 6 nitrogen and oxygen atoms in total. The highest BCUT2D eigenvalue weighted by molar-refractivity contribution is 5.87. The predicted octanol–water partition coefficient (Wildman–Crippen LogP) is 1.11. The van der Waals surface area contributed by atoms with Crippen LogP contribution in [-0.4, -0.2) is 72.7 Å². The molecule has 0 saturated carbocycles. The molecule has 1 aromatic rings. The maximum Gasteiger partial charge on any atom is 0.335 e. The first-order chi connectivity index (χ1) is 11.6. The van der Waals surface area contributed by atoms with Gasteiger partial charge in [-0.15, -0.1) is 0 Å². The van der Waals surface area contributed by atoms with Crippen LogP contribution >= 0.6 is 0 Å². The maximum atomic E-state index is 12.4. The summed E-state index contributed by atoms with van der Waals surface area (Å²) < 4.78 is 5.31. The Hall–Kier alpha value is -1.92. The monoisotopic (exact) mass is 332 g/mol. The summed E-state index contributed by atoms with van der Waals surface area (Å²) in [5.41, 5.74) is 1.44. The summed E-state index contributed by atoms with van der Waals surface area (Å²) in [5.74, 6) is -0.239. The summed E-state index contributed by atoms with van der Waals surface area (Å²) in [4.78, 5) is 27.4. The first-order valence-corrected chi connectivity index (χ1v) is 8.52. The van der Waals surface area contributed by atoms with Crippen molar-refractivity contribution in [2.45, 2.75) is 12.8 Å². The van der Waals surface area contributed by atoms with Gasteiger partial charge in [0.25, 0.3) is 0 Å². The fraction of sp³-hybridized carbons (Fsp3) is 0.556. The molecule has 6 heteroatoms. The second-order valence-electron chi connectivity index (χ2n) is 6.59. The number of carboxylic acids is 1. The van der Waals surface area contributed by atoms with E-state index in [-0.39, 0.29) is 5.91 Å². The van der Waals surface area contributed by atoms with E-state index in [1.807, 2.05) is 17.0 Å². The molecule has 24 heavy (non-hydrogen) atoms. The minimum atomic E-state index is -0.901. The lowest BCUT2D eigenvalue weighted by Crippen LogP contribution is -2.44. The smallest absolute Gasteiger partial charge is 0.335 e. The Kier molecular flexibility index (Phi) is 5.48. The Labute approximate surface area is 142 Å². The van der Waals surface area contributed by atoms with Crippen molar-refractivity contribution >= 4 is 11.9 Å². The van der Waals surface area contributed by atoms with Gasteiger partial charge in [-0.05, 0) is 36.5 Å². The molecule has 2 fully saturated rings. The van der Waals surface area contributed by atoms with Crippen LogP contribution in [0.3, 0.4) is 0 Å². The van der Waals surface area contributed by atoms with Gasteiger partial charge in [-0.25, -0.2) is 4.79 Å². The van der Waals surface area contributed by atoms with Crippen LogP contribution in [0.1, 0.15) is 22.3 Å². The van der Waals surface area contributed by atoms with Crippen LogP contribution in [0.4, 0.5) is 0 Å². The summed E-state index contributed by atoms with van der Waals surface area (Å²) in [6.07, 6.45) is 1.90. The van der Waals surface area contributed by atoms with E-state index in [4.69, 9.17) is 9.84 Å². The number of hydrogen-bond donors (Lipinski definition) is 1. The minimum absolute atomic E-state index is 0.209. The highest BCUT2D eigenvalue weighted by Gasteiger charge is 2.27. The number of ether oxygens (including phenoxy) is 1. The van der Waals surface area contributed by atoms with Gasteiger partial charge >= 0.3 is 5.97 Å². The molecular weight excluding hydrogens is 308 g/mol. The van der Waals surface area contributed by atoms with Gasteiger partial charge < -0.3 is 14.7 Å². The van der Waals surface area contributed by atoms with Gasteiger partial charge in [0.2, 0.25) is 5.91 Å². The topological polar surface area (TPSA) is 70.1 Å². The molecule has 1 amide bonds. The van der Waals surface area contributed by atoms with E-state index in [0.29, 0.717) is 31.2 Å². The van der Waals surface area contributed by atoms with Crippen molar-refractivity contribution in [3.8, 4) is 0 Å². The molecule has 1 aromatic carbocycles. The number of benzene rings is 1. The van der Waals surface area contributed by atoms with Crippen molar-refractivity contribution in [3.63, 3.8) is 0 Å². The van der Waals surface area contributed by atoms with Crippen LogP contribution in [0.5, 0.6) is 0 Å². The minimum Gasteiger partial charge on any atom is -0.478 e. The lowest BCUT2D eigenvalue weighted by Gasteiger charge is -2.28. The molecule has 130 valence electrons. The highest BCUT2D eigenvalue weighted by atomic mass is 16.5. The number of carbonyl (C=O) groups excluding carboxylic acids is 1. The predicted molar refractivity (Wildman–Crippen MR) is 89.1 cm³/mol. The van der Waals surface area contributed by atoms with E-state index in [9.17, 15) is 9.59 Å². The second kappa shape index (κ2) is 7.77. The summed E-state index contributed by atoms with van der Waals surface area (Å²) >= 11 is 0. The normalized spacial score (nSPS) is 21.8. The number of carbonyl (C=O) groups is 2. The van der Waals surface area contributed by atoms with E-state index < -0.39 is 5.97 Å². The number of nitrogens with zero attached hydrogens (tertiary/aromatic N) is 2. The molecule has 0 unspecified atom stereocenters. The van der Waals surface area contributed by atoms with Crippen molar-refractivity contribution < 1.29 is 19.4 Å². The van der Waals surface area contributed by atoms with Gasteiger partial charge in [0, 0.05) is 26.2 Å². The Morgan fingerprint density at radius 1 is 1.12 bits per heavy atom. The fourth-order valence-corrected chi connectivity index (χ4v) is 3.39. The number of likely N-dealkylation sites (tertiary alicyclic amines) is 1. The van der Waals surface area contributed by atoms with Gasteiger partial charge in [-0.3, -0.25) is 9.69 Å². The lowest BCUT2D eigenvalue weighted by atomic mass is 9.98. The van der Waals surface area contributed by atoms with E-state index in [1.54, 1.807) is 12.1 Å². The van der Waals surface area contributed by atoms with Crippen molar-refractivity contribution in [2.24, 2.45) is 5.92 Å². The number of amides is 1. The molecule has 0 radical (unpaired) electrons. The SMILES string of the molecule is O=C(O)c1ccc(C[C@H]2CCN(C(=O)CN3CCOCC3)C2)cc1. The van der Waals surface area contributed by atoms with Crippen molar-refractivity contribution in [1.29, 1.82) is 0 Å². The van der Waals surface area contributed by atoms with Crippen LogP contribution in [0.25, 0.3) is 0 Å². The number of carboxylic acid groups (broad SMARTS) is 1. The van der Waals surface area contributed by atoms with Crippen molar-refractivity contribution in [3.05, 3.63) is 35.4 Å². The summed E-state index contributed by atoms with van der Waals surface area (Å²) in [6.45, 7) is 5.19. The molecule has 1 atom stereocenters. The first-order valence-electron chi connectivity index (χ1n) is 8.52. The first kappa shape index (κ1) is 16.9. The standard InChI is InChI=1S/C18H24N2O4/c21-17(13-19-7-9-24-10-8-19)20-6-5-15(12-20)11-14-1-3-16(4-2-14)18(22)23/h1-4,15H,5-13H2,(H,22,23)/t15-/m1/s1. The van der Waals surface area contributed by atoms with Crippen LogP contribution in [0.2, 0.25) is 0 Å². The Morgan fingerprint density at radius 2 is 1.83 bits per heavy atom. The average Bonchev–Trinajstić information content (AvgIpc) is 3.05. The second-order valence-corrected chi connectivity index (χ2v) is 6.59. The van der Waals surface area contributed by atoms with E-state index in [0.717, 1.165) is 44.6 Å². The quantitative estimate of drug-likeness (QED) is 0.875. The summed E-state index contributed by atoms with van der Waals surface area (Å²) in [6, 6.07) is 7.05. The highest BCUT2D eigenvalue weighted by Crippen LogP contribution is 2.21. The molecule has 0 spiro atoms. The Balaban J connectivity index is 1.47. The number of aromatic carboxylic acids is 1. The molecule has 0 bridgehead atoms. The molecular formula is C18H24N2O4. The van der Waals surface area contributed by atoms with Crippen LogP contribution in [-0.2, 0) is 16.0 Å². The van der Waals surface area contributed by atoms with Crippen LogP contribution in [0, 0.1) is 5.92 Å². The van der Waals surface area contributed by atoms with Gasteiger partial charge in [-0.1, -0.05) is 12.1 Å². The molecule has 2 saturated heterocycles. The number of hydrogen-bond acceptors (Lipinski definition) is 4. The lowest BCUT2D eigenvalue weighted by molar-refractivity contribution is -0.132. The fourth-order valence-electron chi connectivity index (χ4n) is 3.39. The van der Waals surface area contributed by atoms with Crippen LogP contribution < -0.4 is 0 Å². The van der Waals surface area contributed by atoms with Gasteiger partial charge in [0.1, 0.15) is 0 Å². The third-order valence-electron chi connectivity index (χ3n) is 4.83. The third kappa shape index (κ3) is 4.33. The van der Waals surface area contributed by atoms with Gasteiger partial charge in [-0.2, -0.15) is 0 Å². The third-order valence-corrected chi connectivity index (χ3v) is 4.83. The molecule has 0 aliphatic carbocycles. The van der Waals surface area contributed by atoms with Gasteiger partial charge in [0.15, 0.2) is 0 Å². The van der Waals surface area contributed by atoms with Crippen molar-refractivity contribution in [1.82, 2.24) is 9.80 Å². The van der Waals surface area contributed by atoms with Crippen molar-refractivity contribution in [2.75, 3.05) is 45.9 Å². The molecule has 0 aromatic heterocycles. The van der Waals surface area contributed by atoms with E-state index >= 15 is 0 Å². The Bertz CT molecular complexity index is 581. The largest absolute Gasteiger partial charge is 0.478 e. The van der Waals surface area contributed by atoms with E-state index in [2.05, 4.69) is 4.90 Å². The molecule has 1 N–H and O–H groups in total. The van der Waals surface area contributed by atoms with Gasteiger partial charge in [0.05, 0.1) is 25.3 Å². The zero-order valence-electron chi connectivity index (χ0n) is 13.8. The maximum absolute atomic E-state index is 12.4. The molecule has 3 rings (SSSR count). The zero-order valence-corrected chi connectivity index (χ0v) is 13.8. The van der Waals surface area contributed by atoms with Crippen LogP contribution in [0.15, 0.2) is 24.3 Å². The summed E-state index contributed by atoms with van der Waals surface area (Å²) in [7, 11) is 0. The number of morpholine rings is 1. The summed E-state index contributed by atoms with van der Waals surface area (Å²) in [5, 5.41) is 8.93. The molecule has 2 heterocycles. The Morgan fingerprint density at radius 3 is 2.50 bits per heavy atom. The number of rotatable bonds is 5.